The number of benzene rings is 7. The lowest BCUT2D eigenvalue weighted by Gasteiger charge is -2.21. The number of hydrogen-bond acceptors (Lipinski definition) is 2. The monoisotopic (exact) mass is 580 g/mol. The highest BCUT2D eigenvalue weighted by atomic mass is 32.1. The Bertz CT molecular complexity index is 2490. The SMILES string of the molecule is CCc1nc2ccccc2n1-c1ccccc1-c1c2ccccc2c(-c2cccc3sc4ccccc4c23)c2ccccc12. The fraction of sp³-hybridized carbons (Fsp3) is 0.0488. The highest BCUT2D eigenvalue weighted by Gasteiger charge is 2.22. The van der Waals surface area contributed by atoms with Crippen LogP contribution in [0.2, 0.25) is 0 Å². The number of hydrogen-bond donors (Lipinski definition) is 0. The van der Waals surface area contributed by atoms with Gasteiger partial charge in [-0.25, -0.2) is 4.98 Å². The van der Waals surface area contributed by atoms with Gasteiger partial charge in [0.25, 0.3) is 0 Å². The normalized spacial score (nSPS) is 11.8. The fourth-order valence-corrected chi connectivity index (χ4v) is 8.29. The van der Waals surface area contributed by atoms with Crippen LogP contribution in [-0.4, -0.2) is 9.55 Å². The van der Waals surface area contributed by atoms with Gasteiger partial charge in [-0.05, 0) is 68.6 Å². The van der Waals surface area contributed by atoms with Crippen LogP contribution in [0.5, 0.6) is 0 Å². The molecular weight excluding hydrogens is 553 g/mol. The predicted molar refractivity (Wildman–Crippen MR) is 189 cm³/mol. The molecule has 2 nitrogen and oxygen atoms in total. The second-order valence-corrected chi connectivity index (χ2v) is 12.4. The molecule has 0 aliphatic carbocycles. The first kappa shape index (κ1) is 25.3. The second kappa shape index (κ2) is 9.90. The standard InChI is InChI=1S/C41H28N2S/c1-2-38-42-33-21-9-11-23-35(33)43(38)34-22-10-7-18-30(34)39-26-14-3-5-16-28(26)40(29-17-6-4-15-27(29)39)32-20-13-25-37-41(32)31-19-8-12-24-36(31)44-37/h3-25H,2H2,1H3. The molecule has 0 radical (unpaired) electrons. The van der Waals surface area contributed by atoms with Crippen molar-refractivity contribution < 1.29 is 0 Å². The Hall–Kier alpha value is -5.25. The van der Waals surface area contributed by atoms with E-state index in [9.17, 15) is 0 Å². The molecule has 3 heteroatoms. The molecule has 0 amide bonds. The van der Waals surface area contributed by atoms with E-state index < -0.39 is 0 Å². The van der Waals surface area contributed by atoms with Gasteiger partial charge in [0, 0.05) is 32.2 Å². The zero-order valence-corrected chi connectivity index (χ0v) is 25.1. The third-order valence-electron chi connectivity index (χ3n) is 8.96. The third-order valence-corrected chi connectivity index (χ3v) is 10.1. The molecule has 0 aliphatic rings. The maximum absolute atomic E-state index is 5.03. The van der Waals surface area contributed by atoms with Gasteiger partial charge in [-0.1, -0.05) is 116 Å². The molecule has 0 fully saturated rings. The molecule has 44 heavy (non-hydrogen) atoms. The zero-order chi connectivity index (χ0) is 29.2. The molecule has 208 valence electrons. The van der Waals surface area contributed by atoms with Gasteiger partial charge in [0.15, 0.2) is 0 Å². The highest BCUT2D eigenvalue weighted by molar-refractivity contribution is 7.25. The Morgan fingerprint density at radius 2 is 1.07 bits per heavy atom. The zero-order valence-electron chi connectivity index (χ0n) is 24.3. The van der Waals surface area contributed by atoms with E-state index in [0.717, 1.165) is 29.0 Å². The molecular formula is C41H28N2S. The number of imidazole rings is 1. The summed E-state index contributed by atoms with van der Waals surface area (Å²) in [7, 11) is 0. The summed E-state index contributed by atoms with van der Waals surface area (Å²) in [5.41, 5.74) is 8.39. The van der Waals surface area contributed by atoms with E-state index in [0.29, 0.717) is 0 Å². The Morgan fingerprint density at radius 3 is 1.80 bits per heavy atom. The summed E-state index contributed by atoms with van der Waals surface area (Å²) in [5, 5.41) is 7.72. The summed E-state index contributed by atoms with van der Waals surface area (Å²) in [6.07, 6.45) is 0.849. The largest absolute Gasteiger partial charge is 0.296 e. The van der Waals surface area contributed by atoms with Crippen molar-refractivity contribution in [3.05, 3.63) is 145 Å². The summed E-state index contributed by atoms with van der Waals surface area (Å²) in [6, 6.07) is 50.9. The molecule has 0 bridgehead atoms. The van der Waals surface area contributed by atoms with Crippen LogP contribution in [0.25, 0.3) is 80.7 Å². The van der Waals surface area contributed by atoms with E-state index in [1.54, 1.807) is 0 Å². The van der Waals surface area contributed by atoms with E-state index >= 15 is 0 Å². The first-order chi connectivity index (χ1) is 21.8. The Morgan fingerprint density at radius 1 is 0.523 bits per heavy atom. The van der Waals surface area contributed by atoms with Crippen LogP contribution in [0, 0.1) is 0 Å². The average molecular weight is 581 g/mol. The summed E-state index contributed by atoms with van der Waals surface area (Å²) in [4.78, 5) is 5.03. The second-order valence-electron chi connectivity index (χ2n) is 11.3. The predicted octanol–water partition coefficient (Wildman–Crippen LogP) is 11.6. The first-order valence-electron chi connectivity index (χ1n) is 15.2. The average Bonchev–Trinajstić information content (AvgIpc) is 3.66. The van der Waals surface area contributed by atoms with Crippen LogP contribution in [0.4, 0.5) is 0 Å². The van der Waals surface area contributed by atoms with Crippen LogP contribution in [0.15, 0.2) is 140 Å². The molecule has 0 N–H and O–H groups in total. The van der Waals surface area contributed by atoms with Crippen molar-refractivity contribution in [1.82, 2.24) is 9.55 Å². The van der Waals surface area contributed by atoms with E-state index in [2.05, 4.69) is 151 Å². The summed E-state index contributed by atoms with van der Waals surface area (Å²) in [6.45, 7) is 2.19. The quantitative estimate of drug-likeness (QED) is 0.189. The van der Waals surface area contributed by atoms with Crippen LogP contribution in [0.3, 0.4) is 0 Å². The number of para-hydroxylation sites is 3. The number of nitrogens with zero attached hydrogens (tertiary/aromatic N) is 2. The van der Waals surface area contributed by atoms with Gasteiger partial charge >= 0.3 is 0 Å². The number of fused-ring (bicyclic) bond motifs is 6. The minimum absolute atomic E-state index is 0.849. The van der Waals surface area contributed by atoms with Gasteiger partial charge in [0.2, 0.25) is 0 Å². The molecule has 0 spiro atoms. The Balaban J connectivity index is 1.43. The van der Waals surface area contributed by atoms with E-state index in [-0.39, 0.29) is 0 Å². The molecule has 7 aromatic carbocycles. The number of aromatic nitrogens is 2. The maximum Gasteiger partial charge on any atom is 0.114 e. The van der Waals surface area contributed by atoms with Gasteiger partial charge in [-0.2, -0.15) is 0 Å². The van der Waals surface area contributed by atoms with Crippen molar-refractivity contribution in [1.29, 1.82) is 0 Å². The van der Waals surface area contributed by atoms with Gasteiger partial charge in [-0.3, -0.25) is 4.57 Å². The molecule has 2 aromatic heterocycles. The third kappa shape index (κ3) is 3.63. The molecule has 0 unspecified atom stereocenters. The van der Waals surface area contributed by atoms with Crippen LogP contribution < -0.4 is 0 Å². The smallest absolute Gasteiger partial charge is 0.114 e. The van der Waals surface area contributed by atoms with Gasteiger partial charge in [0.05, 0.1) is 16.7 Å². The maximum atomic E-state index is 5.03. The van der Waals surface area contributed by atoms with Gasteiger partial charge in [-0.15, -0.1) is 11.3 Å². The summed E-state index contributed by atoms with van der Waals surface area (Å²) in [5.74, 6) is 1.07. The number of aryl methyl sites for hydroxylation is 1. The van der Waals surface area contributed by atoms with Crippen LogP contribution in [-0.2, 0) is 6.42 Å². The summed E-state index contributed by atoms with van der Waals surface area (Å²) < 4.78 is 5.01. The van der Waals surface area contributed by atoms with E-state index in [1.807, 2.05) is 11.3 Å². The topological polar surface area (TPSA) is 17.8 Å². The minimum Gasteiger partial charge on any atom is -0.296 e. The van der Waals surface area contributed by atoms with Crippen molar-refractivity contribution in [3.63, 3.8) is 0 Å². The molecule has 0 atom stereocenters. The molecule has 9 aromatic rings. The number of rotatable bonds is 4. The van der Waals surface area contributed by atoms with E-state index in [4.69, 9.17) is 4.98 Å². The molecule has 0 saturated carbocycles. The summed E-state index contributed by atoms with van der Waals surface area (Å²) >= 11 is 1.88. The lowest BCUT2D eigenvalue weighted by molar-refractivity contribution is 0.909. The fourth-order valence-electron chi connectivity index (χ4n) is 7.15. The van der Waals surface area contributed by atoms with Crippen LogP contribution in [0.1, 0.15) is 12.7 Å². The van der Waals surface area contributed by atoms with Gasteiger partial charge < -0.3 is 0 Å². The Labute approximate surface area is 259 Å². The first-order valence-corrected chi connectivity index (χ1v) is 16.0. The minimum atomic E-state index is 0.849. The number of thiophene rings is 1. The van der Waals surface area contributed by atoms with Crippen molar-refractivity contribution in [3.8, 4) is 27.9 Å². The van der Waals surface area contributed by atoms with Gasteiger partial charge in [0.1, 0.15) is 5.82 Å². The highest BCUT2D eigenvalue weighted by Crippen LogP contribution is 2.48. The van der Waals surface area contributed by atoms with E-state index in [1.165, 1.54) is 64.0 Å². The molecule has 0 aliphatic heterocycles. The molecule has 0 saturated heterocycles. The molecule has 2 heterocycles. The van der Waals surface area contributed by atoms with Crippen molar-refractivity contribution in [2.24, 2.45) is 0 Å². The lowest BCUT2D eigenvalue weighted by atomic mass is 9.84. The lowest BCUT2D eigenvalue weighted by Crippen LogP contribution is -2.03. The van der Waals surface area contributed by atoms with Crippen LogP contribution >= 0.6 is 11.3 Å². The van der Waals surface area contributed by atoms with Crippen molar-refractivity contribution in [2.75, 3.05) is 0 Å². The van der Waals surface area contributed by atoms with Crippen molar-refractivity contribution >= 4 is 64.1 Å². The Kier molecular flexibility index (Phi) is 5.69. The molecule has 9 rings (SSSR count). The van der Waals surface area contributed by atoms with Crippen molar-refractivity contribution in [2.45, 2.75) is 13.3 Å².